The second-order valence-corrected chi connectivity index (χ2v) is 7.00. The summed E-state index contributed by atoms with van der Waals surface area (Å²) in [5.41, 5.74) is 1.76. The zero-order valence-electron chi connectivity index (χ0n) is 14.2. The van der Waals surface area contributed by atoms with Crippen LogP contribution >= 0.6 is 0 Å². The Hall–Kier alpha value is -1.43. The summed E-state index contributed by atoms with van der Waals surface area (Å²) in [7, 11) is 0. The van der Waals surface area contributed by atoms with Gasteiger partial charge in [-0.25, -0.2) is 4.63 Å². The summed E-state index contributed by atoms with van der Waals surface area (Å²) < 4.78 is 4.74. The van der Waals surface area contributed by atoms with Gasteiger partial charge in [0, 0.05) is 39.1 Å². The van der Waals surface area contributed by atoms with Gasteiger partial charge in [-0.3, -0.25) is 9.69 Å². The van der Waals surface area contributed by atoms with E-state index in [1.54, 1.807) is 0 Å². The maximum atomic E-state index is 12.4. The Morgan fingerprint density at radius 2 is 1.87 bits per heavy atom. The topological polar surface area (TPSA) is 62.5 Å². The molecule has 1 aromatic rings. The lowest BCUT2D eigenvalue weighted by Crippen LogP contribution is -2.48. The summed E-state index contributed by atoms with van der Waals surface area (Å²) in [5.74, 6) is 1.13. The largest absolute Gasteiger partial charge is 0.340 e. The molecule has 6 nitrogen and oxygen atoms in total. The van der Waals surface area contributed by atoms with Gasteiger partial charge in [0.15, 0.2) is 0 Å². The maximum Gasteiger partial charge on any atom is 0.222 e. The molecule has 0 unspecified atom stereocenters. The summed E-state index contributed by atoms with van der Waals surface area (Å²) >= 11 is 0. The Kier molecular flexibility index (Phi) is 5.65. The van der Waals surface area contributed by atoms with Crippen LogP contribution in [0.5, 0.6) is 0 Å². The van der Waals surface area contributed by atoms with E-state index in [0.29, 0.717) is 5.91 Å². The Bertz CT molecular complexity index is 502. The molecular weight excluding hydrogens is 292 g/mol. The van der Waals surface area contributed by atoms with Crippen molar-refractivity contribution < 1.29 is 9.42 Å². The molecule has 0 N–H and O–H groups in total. The van der Waals surface area contributed by atoms with Gasteiger partial charge in [-0.15, -0.1) is 0 Å². The highest BCUT2D eigenvalue weighted by Gasteiger charge is 2.23. The highest BCUT2D eigenvalue weighted by Crippen LogP contribution is 2.27. The first kappa shape index (κ1) is 16.4. The Morgan fingerprint density at radius 3 is 2.52 bits per heavy atom. The Balaban J connectivity index is 1.38. The predicted molar refractivity (Wildman–Crippen MR) is 86.7 cm³/mol. The van der Waals surface area contributed by atoms with Crippen molar-refractivity contribution in [2.45, 2.75) is 58.4 Å². The van der Waals surface area contributed by atoms with Gasteiger partial charge in [0.05, 0.1) is 0 Å². The van der Waals surface area contributed by atoms with Crippen molar-refractivity contribution in [2.24, 2.45) is 5.92 Å². The summed E-state index contributed by atoms with van der Waals surface area (Å²) in [6.07, 6.45) is 8.56. The maximum absolute atomic E-state index is 12.4. The van der Waals surface area contributed by atoms with Crippen LogP contribution in [0.3, 0.4) is 0 Å². The molecule has 0 radical (unpaired) electrons. The van der Waals surface area contributed by atoms with E-state index in [-0.39, 0.29) is 0 Å². The van der Waals surface area contributed by atoms with Crippen molar-refractivity contribution in [3.63, 3.8) is 0 Å². The minimum Gasteiger partial charge on any atom is -0.340 e. The number of piperazine rings is 1. The number of hydrogen-bond donors (Lipinski definition) is 0. The van der Waals surface area contributed by atoms with Gasteiger partial charge in [-0.05, 0) is 19.3 Å². The van der Waals surface area contributed by atoms with Gasteiger partial charge in [0.2, 0.25) is 5.91 Å². The second kappa shape index (κ2) is 7.90. The minimum atomic E-state index is 0.342. The molecule has 3 rings (SSSR count). The average Bonchev–Trinajstić information content (AvgIpc) is 2.99. The summed E-state index contributed by atoms with van der Waals surface area (Å²) in [6.45, 7) is 6.14. The third-order valence-electron chi connectivity index (χ3n) is 5.34. The Morgan fingerprint density at radius 1 is 1.13 bits per heavy atom. The summed E-state index contributed by atoms with van der Waals surface area (Å²) in [5, 5.41) is 7.75. The zero-order chi connectivity index (χ0) is 16.1. The number of amides is 1. The van der Waals surface area contributed by atoms with Crippen LogP contribution in [0.4, 0.5) is 0 Å². The van der Waals surface area contributed by atoms with Crippen LogP contribution in [0, 0.1) is 12.8 Å². The second-order valence-electron chi connectivity index (χ2n) is 7.00. The number of rotatable bonds is 5. The van der Waals surface area contributed by atoms with Gasteiger partial charge in [0.1, 0.15) is 11.4 Å². The van der Waals surface area contributed by atoms with Gasteiger partial charge in [-0.2, -0.15) is 0 Å². The number of carbonyl (C=O) groups excluding carboxylic acids is 1. The van der Waals surface area contributed by atoms with Crippen molar-refractivity contribution in [1.29, 1.82) is 0 Å². The molecule has 2 heterocycles. The molecule has 1 saturated heterocycles. The molecule has 1 saturated carbocycles. The quantitative estimate of drug-likeness (QED) is 0.833. The average molecular weight is 320 g/mol. The van der Waals surface area contributed by atoms with Crippen LogP contribution < -0.4 is 0 Å². The lowest BCUT2D eigenvalue weighted by molar-refractivity contribution is -0.133. The monoisotopic (exact) mass is 320 g/mol. The molecule has 0 spiro atoms. The molecule has 1 amide bonds. The van der Waals surface area contributed by atoms with E-state index >= 15 is 0 Å². The smallest absolute Gasteiger partial charge is 0.222 e. The molecule has 2 aliphatic rings. The van der Waals surface area contributed by atoms with E-state index in [1.807, 2.05) is 11.8 Å². The fourth-order valence-corrected chi connectivity index (χ4v) is 3.72. The van der Waals surface area contributed by atoms with Crippen molar-refractivity contribution in [3.8, 4) is 0 Å². The number of aromatic nitrogens is 2. The molecule has 0 aromatic carbocycles. The number of aryl methyl sites for hydroxylation is 1. The van der Waals surface area contributed by atoms with Crippen LogP contribution in [-0.2, 0) is 11.3 Å². The molecule has 128 valence electrons. The highest BCUT2D eigenvalue weighted by atomic mass is 16.6. The third kappa shape index (κ3) is 4.53. The molecule has 23 heavy (non-hydrogen) atoms. The minimum absolute atomic E-state index is 0.342. The standard InChI is InChI=1S/C17H28N4O2/c1-14-16(19-23-18-14)13-20-9-11-21(12-10-20)17(22)8-7-15-5-3-2-4-6-15/h15H,2-13H2,1H3. The number of nitrogens with zero attached hydrogens (tertiary/aromatic N) is 4. The van der Waals surface area contributed by atoms with Crippen molar-refractivity contribution >= 4 is 5.91 Å². The number of hydrogen-bond acceptors (Lipinski definition) is 5. The van der Waals surface area contributed by atoms with Crippen LogP contribution in [0.1, 0.15) is 56.3 Å². The first-order chi connectivity index (χ1) is 11.2. The molecule has 1 aliphatic heterocycles. The molecule has 0 atom stereocenters. The fourth-order valence-electron chi connectivity index (χ4n) is 3.72. The van der Waals surface area contributed by atoms with E-state index in [4.69, 9.17) is 4.63 Å². The van der Waals surface area contributed by atoms with E-state index < -0.39 is 0 Å². The highest BCUT2D eigenvalue weighted by molar-refractivity contribution is 5.76. The third-order valence-corrected chi connectivity index (χ3v) is 5.34. The van der Waals surface area contributed by atoms with E-state index in [1.165, 1.54) is 32.1 Å². The summed E-state index contributed by atoms with van der Waals surface area (Å²) in [4.78, 5) is 16.7. The van der Waals surface area contributed by atoms with Crippen molar-refractivity contribution in [1.82, 2.24) is 20.1 Å². The molecule has 6 heteroatoms. The number of carbonyl (C=O) groups is 1. The van der Waals surface area contributed by atoms with Crippen LogP contribution in [0.15, 0.2) is 4.63 Å². The summed E-state index contributed by atoms with van der Waals surface area (Å²) in [6, 6.07) is 0. The van der Waals surface area contributed by atoms with Crippen LogP contribution in [0.25, 0.3) is 0 Å². The van der Waals surface area contributed by atoms with E-state index in [9.17, 15) is 4.79 Å². The SMILES string of the molecule is Cc1nonc1CN1CCN(C(=O)CCC2CCCCC2)CC1. The molecular formula is C17H28N4O2. The molecule has 2 fully saturated rings. The van der Waals surface area contributed by atoms with Crippen LogP contribution in [-0.4, -0.2) is 52.2 Å². The lowest BCUT2D eigenvalue weighted by atomic mass is 9.86. The lowest BCUT2D eigenvalue weighted by Gasteiger charge is -2.34. The predicted octanol–water partition coefficient (Wildman–Crippen LogP) is 2.38. The molecule has 1 aliphatic carbocycles. The fraction of sp³-hybridized carbons (Fsp3) is 0.824. The van der Waals surface area contributed by atoms with Crippen molar-refractivity contribution in [2.75, 3.05) is 26.2 Å². The van der Waals surface area contributed by atoms with Crippen LogP contribution in [0.2, 0.25) is 0 Å². The van der Waals surface area contributed by atoms with Crippen molar-refractivity contribution in [3.05, 3.63) is 11.4 Å². The van der Waals surface area contributed by atoms with Gasteiger partial charge >= 0.3 is 0 Å². The van der Waals surface area contributed by atoms with Gasteiger partial charge < -0.3 is 4.90 Å². The zero-order valence-corrected chi connectivity index (χ0v) is 14.2. The van der Waals surface area contributed by atoms with Gasteiger partial charge in [0.25, 0.3) is 0 Å². The van der Waals surface area contributed by atoms with E-state index in [0.717, 1.165) is 62.9 Å². The molecule has 1 aromatic heterocycles. The first-order valence-corrected chi connectivity index (χ1v) is 9.00. The van der Waals surface area contributed by atoms with E-state index in [2.05, 4.69) is 15.2 Å². The van der Waals surface area contributed by atoms with Gasteiger partial charge in [-0.1, -0.05) is 42.4 Å². The Labute approximate surface area is 138 Å². The first-order valence-electron chi connectivity index (χ1n) is 9.00. The molecule has 0 bridgehead atoms. The normalized spacial score (nSPS) is 20.8.